The van der Waals surface area contributed by atoms with Crippen molar-refractivity contribution in [3.8, 4) is 11.5 Å². The van der Waals surface area contributed by atoms with Crippen molar-refractivity contribution >= 4 is 46.3 Å². The van der Waals surface area contributed by atoms with Crippen molar-refractivity contribution in [2.45, 2.75) is 25.6 Å². The van der Waals surface area contributed by atoms with Crippen LogP contribution in [0, 0.1) is 5.92 Å². The summed E-state index contributed by atoms with van der Waals surface area (Å²) in [6.07, 6.45) is -2.66. The van der Waals surface area contributed by atoms with Gasteiger partial charge in [0.1, 0.15) is 6.54 Å². The molecule has 0 unspecified atom stereocenters. The van der Waals surface area contributed by atoms with Crippen LogP contribution in [0.5, 0.6) is 0 Å². The first kappa shape index (κ1) is 34.4. The Balaban J connectivity index is 0.000000559. The number of nitrogens with zero attached hydrogens (tertiary/aromatic N) is 8. The molecule has 3 aromatic heterocycles. The van der Waals surface area contributed by atoms with Gasteiger partial charge in [0, 0.05) is 52.4 Å². The molecule has 0 atom stereocenters. The number of imidazole rings is 1. The van der Waals surface area contributed by atoms with E-state index in [4.69, 9.17) is 42.5 Å². The van der Waals surface area contributed by atoms with Gasteiger partial charge in [0.2, 0.25) is 17.7 Å². The second kappa shape index (κ2) is 14.0. The number of nitrogens with one attached hydrogen (secondary N) is 1. The van der Waals surface area contributed by atoms with E-state index >= 15 is 0 Å². The van der Waals surface area contributed by atoms with E-state index < -0.39 is 23.4 Å². The fourth-order valence-electron chi connectivity index (χ4n) is 5.58. The number of carboxylic acid groups (broad SMARTS) is 1. The van der Waals surface area contributed by atoms with E-state index in [2.05, 4.69) is 25.3 Å². The zero-order valence-corrected chi connectivity index (χ0v) is 26.9. The van der Waals surface area contributed by atoms with Crippen molar-refractivity contribution in [2.24, 2.45) is 20.0 Å². The monoisotopic (exact) mass is 701 g/mol. The molecule has 254 valence electrons. The number of carboxylic acids is 1. The quantitative estimate of drug-likeness (QED) is 0.305. The van der Waals surface area contributed by atoms with Crippen LogP contribution in [0.3, 0.4) is 0 Å². The van der Waals surface area contributed by atoms with Gasteiger partial charge in [0.05, 0.1) is 10.0 Å². The molecule has 14 nitrogen and oxygen atoms in total. The number of aromatic nitrogens is 6. The molecule has 0 saturated carbocycles. The normalized spacial score (nSPS) is 16.4. The Morgan fingerprint density at radius 1 is 1.04 bits per heavy atom. The maximum absolute atomic E-state index is 13.3. The first-order valence-corrected chi connectivity index (χ1v) is 15.4. The van der Waals surface area contributed by atoms with Crippen LogP contribution < -0.4 is 21.5 Å². The van der Waals surface area contributed by atoms with Crippen molar-refractivity contribution in [1.82, 2.24) is 39.1 Å². The standard InChI is InChI=1S/C26H31Cl2N9O3.C2HF3O2/c1-33-22-21(24(38)34(2)26(33)39)37(15-20-31-32-23(40-20)17-3-4-18(27)19(28)13-17)25(30-22)36-11-9-35(10-12-36)14-16-5-7-29-8-6-16;3-2(4,5)1(6)7/h3-4,13,16,29H,5-12,14-15H2,1-2H3;(H,6,7). The average molecular weight is 703 g/mol. The number of hydrogen-bond acceptors (Lipinski definition) is 10. The topological polar surface area (TPSA) is 157 Å². The Labute approximate surface area is 275 Å². The van der Waals surface area contributed by atoms with E-state index in [-0.39, 0.29) is 12.4 Å². The van der Waals surface area contributed by atoms with Crippen molar-refractivity contribution in [3.63, 3.8) is 0 Å². The number of benzene rings is 1. The molecule has 2 N–H and O–H groups in total. The number of aryl methyl sites for hydroxylation is 1. The molecular formula is C28H32Cl2F3N9O5. The summed E-state index contributed by atoms with van der Waals surface area (Å²) in [6, 6.07) is 5.08. The highest BCUT2D eigenvalue weighted by atomic mass is 35.5. The largest absolute Gasteiger partial charge is 0.490 e. The molecule has 0 amide bonds. The fraction of sp³-hybridized carbons (Fsp3) is 0.500. The lowest BCUT2D eigenvalue weighted by Crippen LogP contribution is -2.49. The highest BCUT2D eigenvalue weighted by Gasteiger charge is 2.38. The molecule has 2 aliphatic rings. The van der Waals surface area contributed by atoms with Crippen LogP contribution in [0.2, 0.25) is 10.0 Å². The number of halogens is 5. The Morgan fingerprint density at radius 3 is 2.32 bits per heavy atom. The van der Waals surface area contributed by atoms with Gasteiger partial charge < -0.3 is 19.7 Å². The van der Waals surface area contributed by atoms with Crippen molar-refractivity contribution in [1.29, 1.82) is 0 Å². The first-order chi connectivity index (χ1) is 22.2. The van der Waals surface area contributed by atoms with Crippen LogP contribution in [0.4, 0.5) is 19.1 Å². The number of piperazine rings is 1. The fourth-order valence-corrected chi connectivity index (χ4v) is 5.88. The van der Waals surface area contributed by atoms with Gasteiger partial charge in [0.25, 0.3) is 5.56 Å². The molecule has 2 fully saturated rings. The number of anilines is 1. The van der Waals surface area contributed by atoms with E-state index in [1.165, 1.54) is 24.5 Å². The van der Waals surface area contributed by atoms with E-state index in [1.807, 2.05) is 0 Å². The molecule has 6 rings (SSSR count). The second-order valence-corrected chi connectivity index (χ2v) is 12.1. The highest BCUT2D eigenvalue weighted by Crippen LogP contribution is 2.29. The van der Waals surface area contributed by atoms with Crippen LogP contribution in [0.15, 0.2) is 32.2 Å². The molecule has 2 aliphatic heterocycles. The summed E-state index contributed by atoms with van der Waals surface area (Å²) in [5.74, 6) is -0.859. The third kappa shape index (κ3) is 7.63. The molecule has 0 bridgehead atoms. The van der Waals surface area contributed by atoms with Crippen LogP contribution in [-0.2, 0) is 25.4 Å². The number of fused-ring (bicyclic) bond motifs is 1. The summed E-state index contributed by atoms with van der Waals surface area (Å²) in [6.45, 7) is 6.68. The van der Waals surface area contributed by atoms with Gasteiger partial charge in [-0.2, -0.15) is 18.2 Å². The molecule has 19 heteroatoms. The molecule has 0 aliphatic carbocycles. The first-order valence-electron chi connectivity index (χ1n) is 14.7. The van der Waals surface area contributed by atoms with Gasteiger partial charge in [-0.3, -0.25) is 23.4 Å². The van der Waals surface area contributed by atoms with Gasteiger partial charge >= 0.3 is 17.8 Å². The Morgan fingerprint density at radius 2 is 1.70 bits per heavy atom. The van der Waals surface area contributed by atoms with Gasteiger partial charge in [0.15, 0.2) is 11.2 Å². The predicted octanol–water partition coefficient (Wildman–Crippen LogP) is 2.59. The summed E-state index contributed by atoms with van der Waals surface area (Å²) in [5.41, 5.74) is 0.410. The van der Waals surface area contributed by atoms with E-state index in [0.29, 0.717) is 38.6 Å². The number of rotatable bonds is 6. The molecule has 47 heavy (non-hydrogen) atoms. The van der Waals surface area contributed by atoms with E-state index in [0.717, 1.165) is 56.3 Å². The third-order valence-electron chi connectivity index (χ3n) is 8.13. The summed E-state index contributed by atoms with van der Waals surface area (Å²) >= 11 is 12.2. The summed E-state index contributed by atoms with van der Waals surface area (Å²) in [5, 5.41) is 19.8. The Kier molecular flexibility index (Phi) is 10.3. The smallest absolute Gasteiger partial charge is 0.475 e. The third-order valence-corrected chi connectivity index (χ3v) is 8.87. The van der Waals surface area contributed by atoms with Crippen molar-refractivity contribution in [2.75, 3.05) is 50.7 Å². The maximum Gasteiger partial charge on any atom is 0.490 e. The van der Waals surface area contributed by atoms with Crippen LogP contribution in [-0.4, -0.2) is 96.8 Å². The molecule has 5 heterocycles. The molecule has 0 spiro atoms. The van der Waals surface area contributed by atoms with Gasteiger partial charge in [-0.15, -0.1) is 10.2 Å². The summed E-state index contributed by atoms with van der Waals surface area (Å²) in [7, 11) is 3.09. The molecule has 1 aromatic carbocycles. The molecule has 0 radical (unpaired) electrons. The van der Waals surface area contributed by atoms with Crippen molar-refractivity contribution < 1.29 is 27.5 Å². The minimum absolute atomic E-state index is 0.114. The Hall–Kier alpha value is -3.93. The summed E-state index contributed by atoms with van der Waals surface area (Å²) < 4.78 is 42.0. The maximum atomic E-state index is 13.3. The molecule has 2 saturated heterocycles. The van der Waals surface area contributed by atoms with E-state index in [9.17, 15) is 22.8 Å². The lowest BCUT2D eigenvalue weighted by atomic mass is 9.97. The summed E-state index contributed by atoms with van der Waals surface area (Å²) in [4.78, 5) is 44.4. The van der Waals surface area contributed by atoms with Gasteiger partial charge in [-0.1, -0.05) is 23.2 Å². The highest BCUT2D eigenvalue weighted by molar-refractivity contribution is 6.42. The van der Waals surface area contributed by atoms with Crippen LogP contribution in [0.1, 0.15) is 18.7 Å². The minimum atomic E-state index is -5.08. The number of piperidine rings is 1. The van der Waals surface area contributed by atoms with Gasteiger partial charge in [-0.05, 0) is 50.0 Å². The molecule has 4 aromatic rings. The van der Waals surface area contributed by atoms with Crippen molar-refractivity contribution in [3.05, 3.63) is 55.0 Å². The minimum Gasteiger partial charge on any atom is -0.475 e. The predicted molar refractivity (Wildman–Crippen MR) is 167 cm³/mol. The second-order valence-electron chi connectivity index (χ2n) is 11.3. The number of hydrogen-bond donors (Lipinski definition) is 2. The zero-order chi connectivity index (χ0) is 34.0. The lowest BCUT2D eigenvalue weighted by Gasteiger charge is -2.37. The zero-order valence-electron chi connectivity index (χ0n) is 25.4. The van der Waals surface area contributed by atoms with Gasteiger partial charge in [-0.25, -0.2) is 9.59 Å². The lowest BCUT2D eigenvalue weighted by molar-refractivity contribution is -0.192. The number of carbonyl (C=O) groups is 1. The number of aliphatic carboxylic acids is 1. The SMILES string of the molecule is Cn1c(=O)c2c(nc(N3CCN(CC4CCNCC4)CC3)n2Cc2nnc(-c3ccc(Cl)c(Cl)c3)o2)n(C)c1=O.O=C(O)C(F)(F)F. The average Bonchev–Trinajstić information content (AvgIpc) is 3.67. The van der Waals surface area contributed by atoms with E-state index in [1.54, 1.807) is 29.8 Å². The van der Waals surface area contributed by atoms with Crippen LogP contribution >= 0.6 is 23.2 Å². The van der Waals surface area contributed by atoms with Crippen LogP contribution in [0.25, 0.3) is 22.6 Å². The molecular weight excluding hydrogens is 670 g/mol. The number of alkyl halides is 3. The Bertz CT molecular complexity index is 1870.